The van der Waals surface area contributed by atoms with Crippen molar-refractivity contribution in [2.75, 3.05) is 20.3 Å². The van der Waals surface area contributed by atoms with E-state index in [-0.39, 0.29) is 25.7 Å². The summed E-state index contributed by atoms with van der Waals surface area (Å²) in [4.78, 5) is 74.2. The second-order valence-electron chi connectivity index (χ2n) is 8.95. The highest BCUT2D eigenvalue weighted by Gasteiger charge is 2.60. The second kappa shape index (κ2) is 18.0. The van der Waals surface area contributed by atoms with Crippen LogP contribution in [-0.4, -0.2) is 80.2 Å². The van der Waals surface area contributed by atoms with Crippen molar-refractivity contribution in [1.29, 1.82) is 0 Å². The lowest BCUT2D eigenvalue weighted by Gasteiger charge is -2.46. The number of hydrogen-bond donors (Lipinski definition) is 0. The first-order chi connectivity index (χ1) is 19.0. The quantitative estimate of drug-likeness (QED) is 0.150. The van der Waals surface area contributed by atoms with Gasteiger partial charge < -0.3 is 33.2 Å². The van der Waals surface area contributed by atoms with Crippen molar-refractivity contribution in [3.05, 3.63) is 12.2 Å². The van der Waals surface area contributed by atoms with Gasteiger partial charge in [0.05, 0.1) is 13.7 Å². The molecule has 1 saturated heterocycles. The highest BCUT2D eigenvalue weighted by atomic mass is 16.8. The smallest absolute Gasteiger partial charge is 0.333 e. The molecule has 1 rings (SSSR count). The van der Waals surface area contributed by atoms with Crippen LogP contribution in [0.3, 0.4) is 0 Å². The van der Waals surface area contributed by atoms with Gasteiger partial charge in [0.1, 0.15) is 0 Å². The molecular formula is C27H40O13. The molecular weight excluding hydrogens is 532 g/mol. The number of esters is 6. The Hall–Kier alpha value is -3.48. The van der Waals surface area contributed by atoms with Gasteiger partial charge in [-0.15, -0.1) is 0 Å². The largest absolute Gasteiger partial charge is 0.466 e. The van der Waals surface area contributed by atoms with Crippen molar-refractivity contribution in [2.24, 2.45) is 0 Å². The molecule has 0 amide bonds. The third-order valence-corrected chi connectivity index (χ3v) is 5.48. The summed E-state index contributed by atoms with van der Waals surface area (Å²) in [5.74, 6) is -7.07. The van der Waals surface area contributed by atoms with Crippen molar-refractivity contribution in [3.63, 3.8) is 0 Å². The zero-order valence-electron chi connectivity index (χ0n) is 23.8. The Balaban J connectivity index is 3.61. The Labute approximate surface area is 233 Å². The first-order valence-electron chi connectivity index (χ1n) is 13.4. The van der Waals surface area contributed by atoms with E-state index in [4.69, 9.17) is 28.4 Å². The predicted molar refractivity (Wildman–Crippen MR) is 136 cm³/mol. The van der Waals surface area contributed by atoms with Gasteiger partial charge in [-0.2, -0.15) is 0 Å². The Morgan fingerprint density at radius 2 is 1.23 bits per heavy atom. The van der Waals surface area contributed by atoms with Crippen molar-refractivity contribution < 1.29 is 61.9 Å². The van der Waals surface area contributed by atoms with Gasteiger partial charge in [0.2, 0.25) is 6.10 Å². The molecule has 0 N–H and O–H groups in total. The standard InChI is InChI=1S/C27H40O13/c1-6-10-20(29)35-17-27(40-24(33)15-14-19(28)34-5)26(39-23(32)13-9-4)25(38-22(31)12-8-3)18(16-36-27)37-21(30)11-7-2/h14-15,18,25-26H,6-13,16-17H2,1-5H3/b15-14+/t18-,25+,26+,27-/m0/s1. The van der Waals surface area contributed by atoms with Crippen LogP contribution in [0, 0.1) is 0 Å². The van der Waals surface area contributed by atoms with E-state index >= 15 is 0 Å². The van der Waals surface area contributed by atoms with Gasteiger partial charge in [0.15, 0.2) is 18.8 Å². The van der Waals surface area contributed by atoms with E-state index in [2.05, 4.69) is 4.74 Å². The average molecular weight is 573 g/mol. The molecule has 0 aromatic heterocycles. The lowest BCUT2D eigenvalue weighted by molar-refractivity contribution is -0.338. The summed E-state index contributed by atoms with van der Waals surface area (Å²) in [7, 11) is 1.11. The molecule has 13 heteroatoms. The fourth-order valence-electron chi connectivity index (χ4n) is 3.60. The van der Waals surface area contributed by atoms with Crippen LogP contribution in [0.5, 0.6) is 0 Å². The molecule has 1 aliphatic rings. The summed E-state index contributed by atoms with van der Waals surface area (Å²) in [5.41, 5.74) is 0. The third kappa shape index (κ3) is 11.3. The van der Waals surface area contributed by atoms with E-state index in [1.165, 1.54) is 0 Å². The fraction of sp³-hybridized carbons (Fsp3) is 0.704. The summed E-state index contributed by atoms with van der Waals surface area (Å²) < 4.78 is 37.9. The van der Waals surface area contributed by atoms with Gasteiger partial charge in [0.25, 0.3) is 5.79 Å². The second-order valence-corrected chi connectivity index (χ2v) is 8.95. The van der Waals surface area contributed by atoms with Crippen molar-refractivity contribution >= 4 is 35.8 Å². The summed E-state index contributed by atoms with van der Waals surface area (Å²) >= 11 is 0. The molecule has 40 heavy (non-hydrogen) atoms. The Kier molecular flexibility index (Phi) is 15.5. The van der Waals surface area contributed by atoms with Gasteiger partial charge in [-0.25, -0.2) is 9.59 Å². The number of ether oxygens (including phenoxy) is 7. The summed E-state index contributed by atoms with van der Waals surface area (Å²) in [5, 5.41) is 0. The van der Waals surface area contributed by atoms with Crippen LogP contribution < -0.4 is 0 Å². The van der Waals surface area contributed by atoms with Crippen molar-refractivity contribution in [3.8, 4) is 0 Å². The lowest BCUT2D eigenvalue weighted by atomic mass is 9.95. The number of rotatable bonds is 16. The number of carbonyl (C=O) groups excluding carboxylic acids is 6. The van der Waals surface area contributed by atoms with Crippen LogP contribution in [0.4, 0.5) is 0 Å². The van der Waals surface area contributed by atoms with E-state index in [9.17, 15) is 28.8 Å². The van der Waals surface area contributed by atoms with Crippen molar-refractivity contribution in [1.82, 2.24) is 0 Å². The minimum Gasteiger partial charge on any atom is -0.466 e. The molecule has 1 fully saturated rings. The molecule has 226 valence electrons. The molecule has 1 aliphatic heterocycles. The van der Waals surface area contributed by atoms with Gasteiger partial charge in [0, 0.05) is 37.8 Å². The van der Waals surface area contributed by atoms with Crippen LogP contribution in [0.15, 0.2) is 12.2 Å². The van der Waals surface area contributed by atoms with Crippen LogP contribution in [0.1, 0.15) is 79.1 Å². The average Bonchev–Trinajstić information content (AvgIpc) is 2.90. The Morgan fingerprint density at radius 3 is 1.77 bits per heavy atom. The van der Waals surface area contributed by atoms with Crippen LogP contribution in [-0.2, 0) is 61.9 Å². The summed E-state index contributed by atoms with van der Waals surface area (Å²) in [6.45, 7) is 5.76. The van der Waals surface area contributed by atoms with Crippen LogP contribution >= 0.6 is 0 Å². The fourth-order valence-corrected chi connectivity index (χ4v) is 3.60. The Morgan fingerprint density at radius 1 is 0.725 bits per heavy atom. The first-order valence-corrected chi connectivity index (χ1v) is 13.4. The minimum atomic E-state index is -2.32. The molecule has 4 atom stereocenters. The topological polar surface area (TPSA) is 167 Å². The molecule has 0 radical (unpaired) electrons. The van der Waals surface area contributed by atoms with E-state index in [0.717, 1.165) is 19.3 Å². The molecule has 0 aromatic rings. The van der Waals surface area contributed by atoms with Gasteiger partial charge >= 0.3 is 35.8 Å². The molecule has 0 saturated carbocycles. The molecule has 0 spiro atoms. The Bertz CT molecular complexity index is 912. The van der Waals surface area contributed by atoms with E-state index < -0.39 is 73.1 Å². The molecule has 0 aliphatic carbocycles. The first kappa shape index (κ1) is 34.5. The number of carbonyl (C=O) groups is 6. The maximum Gasteiger partial charge on any atom is 0.333 e. The number of methoxy groups -OCH3 is 1. The molecule has 0 unspecified atom stereocenters. The third-order valence-electron chi connectivity index (χ3n) is 5.48. The minimum absolute atomic E-state index is 0.0112. The molecule has 1 heterocycles. The van der Waals surface area contributed by atoms with Crippen LogP contribution in [0.2, 0.25) is 0 Å². The lowest BCUT2D eigenvalue weighted by Crippen LogP contribution is -2.67. The SMILES string of the molecule is CCCC(=O)OC[C@@]1(OC(=O)/C=C/C(=O)OC)OC[C@H](OC(=O)CCC)[C@@H](OC(=O)CCC)[C@H]1OC(=O)CCC. The van der Waals surface area contributed by atoms with Crippen LogP contribution in [0.25, 0.3) is 0 Å². The predicted octanol–water partition coefficient (Wildman–Crippen LogP) is 2.46. The molecule has 13 nitrogen and oxygen atoms in total. The van der Waals surface area contributed by atoms with Crippen molar-refractivity contribution in [2.45, 2.75) is 103 Å². The molecule has 0 bridgehead atoms. The van der Waals surface area contributed by atoms with E-state index in [1.54, 1.807) is 27.7 Å². The highest BCUT2D eigenvalue weighted by Crippen LogP contribution is 2.35. The summed E-state index contributed by atoms with van der Waals surface area (Å²) in [6.07, 6.45) is -1.17. The van der Waals surface area contributed by atoms with E-state index in [0.29, 0.717) is 25.7 Å². The van der Waals surface area contributed by atoms with E-state index in [1.807, 2.05) is 0 Å². The molecule has 0 aromatic carbocycles. The summed E-state index contributed by atoms with van der Waals surface area (Å²) in [6, 6.07) is 0. The number of hydrogen-bond acceptors (Lipinski definition) is 13. The zero-order valence-corrected chi connectivity index (χ0v) is 23.8. The maximum absolute atomic E-state index is 12.8. The van der Waals surface area contributed by atoms with Gasteiger partial charge in [-0.1, -0.05) is 27.7 Å². The van der Waals surface area contributed by atoms with Gasteiger partial charge in [-0.3, -0.25) is 19.2 Å². The normalized spacial score (nSPS) is 22.2. The monoisotopic (exact) mass is 572 g/mol. The zero-order chi connectivity index (χ0) is 30.1. The maximum atomic E-state index is 12.8. The van der Waals surface area contributed by atoms with Gasteiger partial charge in [-0.05, 0) is 25.7 Å². The highest BCUT2D eigenvalue weighted by molar-refractivity contribution is 5.91.